The van der Waals surface area contributed by atoms with Gasteiger partial charge in [-0.1, -0.05) is 0 Å². The Morgan fingerprint density at radius 3 is 2.82 bits per heavy atom. The van der Waals surface area contributed by atoms with Crippen molar-refractivity contribution in [2.24, 2.45) is 12.8 Å². The van der Waals surface area contributed by atoms with Crippen LogP contribution in [-0.2, 0) is 13.7 Å². The molecular formula is C7H13N3O. The van der Waals surface area contributed by atoms with Gasteiger partial charge in [0.1, 0.15) is 0 Å². The lowest BCUT2D eigenvalue weighted by atomic mass is 10.1. The normalized spacial score (nSPS) is 13.5. The van der Waals surface area contributed by atoms with E-state index in [-0.39, 0.29) is 12.6 Å². The Kier molecular flexibility index (Phi) is 2.26. The molecule has 0 saturated carbocycles. The summed E-state index contributed by atoms with van der Waals surface area (Å²) in [6, 6.07) is -0.0640. The van der Waals surface area contributed by atoms with Gasteiger partial charge in [0.15, 0.2) is 0 Å². The molecule has 0 aliphatic rings. The van der Waals surface area contributed by atoms with E-state index >= 15 is 0 Å². The van der Waals surface area contributed by atoms with E-state index in [2.05, 4.69) is 5.10 Å². The summed E-state index contributed by atoms with van der Waals surface area (Å²) in [5, 5.41) is 12.9. The van der Waals surface area contributed by atoms with Crippen molar-refractivity contribution in [3.63, 3.8) is 0 Å². The zero-order valence-electron chi connectivity index (χ0n) is 6.78. The van der Waals surface area contributed by atoms with Crippen molar-refractivity contribution in [1.29, 1.82) is 0 Å². The summed E-state index contributed by atoms with van der Waals surface area (Å²) < 4.78 is 1.64. The number of hydrogen-bond donors (Lipinski definition) is 2. The summed E-state index contributed by atoms with van der Waals surface area (Å²) in [7, 11) is 1.79. The molecule has 1 heterocycles. The van der Waals surface area contributed by atoms with Gasteiger partial charge in [-0.25, -0.2) is 0 Å². The molecule has 4 nitrogen and oxygen atoms in total. The van der Waals surface area contributed by atoms with Crippen LogP contribution in [0.2, 0.25) is 0 Å². The lowest BCUT2D eigenvalue weighted by Gasteiger charge is -2.04. The molecule has 0 aliphatic carbocycles. The number of aryl methyl sites for hydroxylation is 1. The molecule has 1 rings (SSSR count). The first kappa shape index (κ1) is 8.23. The average molecular weight is 155 g/mol. The van der Waals surface area contributed by atoms with E-state index in [1.165, 1.54) is 0 Å². The molecule has 4 heteroatoms. The van der Waals surface area contributed by atoms with Crippen LogP contribution in [0.4, 0.5) is 0 Å². The summed E-state index contributed by atoms with van der Waals surface area (Å²) in [4.78, 5) is 0. The third-order valence-corrected chi connectivity index (χ3v) is 1.73. The summed E-state index contributed by atoms with van der Waals surface area (Å²) >= 11 is 0. The number of aliphatic hydroxyl groups excluding tert-OH is 1. The third kappa shape index (κ3) is 1.41. The Labute approximate surface area is 65.6 Å². The fraction of sp³-hybridized carbons (Fsp3) is 0.571. The first-order valence-electron chi connectivity index (χ1n) is 3.54. The van der Waals surface area contributed by atoms with Gasteiger partial charge in [-0.3, -0.25) is 4.68 Å². The van der Waals surface area contributed by atoms with Crippen LogP contribution in [0, 0.1) is 0 Å². The number of hydrogen-bond acceptors (Lipinski definition) is 3. The topological polar surface area (TPSA) is 64.1 Å². The van der Waals surface area contributed by atoms with Crippen LogP contribution in [0.1, 0.15) is 24.2 Å². The molecule has 0 fully saturated rings. The van der Waals surface area contributed by atoms with Gasteiger partial charge in [-0.15, -0.1) is 0 Å². The summed E-state index contributed by atoms with van der Waals surface area (Å²) in [6.45, 7) is 1.86. The van der Waals surface area contributed by atoms with Gasteiger partial charge >= 0.3 is 0 Å². The molecule has 1 aromatic heterocycles. The van der Waals surface area contributed by atoms with Crippen molar-refractivity contribution in [2.75, 3.05) is 0 Å². The highest BCUT2D eigenvalue weighted by molar-refractivity contribution is 5.19. The number of nitrogens with zero attached hydrogens (tertiary/aromatic N) is 2. The Morgan fingerprint density at radius 2 is 2.45 bits per heavy atom. The SMILES string of the molecule is CC(N)c1cnn(C)c1CO. The number of aliphatic hydroxyl groups is 1. The minimum Gasteiger partial charge on any atom is -0.390 e. The van der Waals surface area contributed by atoms with Gasteiger partial charge in [0, 0.05) is 18.7 Å². The summed E-state index contributed by atoms with van der Waals surface area (Å²) in [5.41, 5.74) is 7.34. The van der Waals surface area contributed by atoms with Gasteiger partial charge in [0.25, 0.3) is 0 Å². The van der Waals surface area contributed by atoms with Gasteiger partial charge < -0.3 is 10.8 Å². The quantitative estimate of drug-likeness (QED) is 0.628. The molecule has 1 unspecified atom stereocenters. The molecule has 1 atom stereocenters. The van der Waals surface area contributed by atoms with Crippen LogP contribution in [-0.4, -0.2) is 14.9 Å². The molecule has 1 aromatic rings. The predicted octanol–water partition coefficient (Wildman–Crippen LogP) is -0.0679. The van der Waals surface area contributed by atoms with E-state index in [1.807, 2.05) is 6.92 Å². The van der Waals surface area contributed by atoms with Crippen LogP contribution in [0.15, 0.2) is 6.20 Å². The van der Waals surface area contributed by atoms with Crippen LogP contribution >= 0.6 is 0 Å². The van der Waals surface area contributed by atoms with Crippen molar-refractivity contribution in [2.45, 2.75) is 19.6 Å². The van der Waals surface area contributed by atoms with E-state index < -0.39 is 0 Å². The Morgan fingerprint density at radius 1 is 1.82 bits per heavy atom. The second-order valence-electron chi connectivity index (χ2n) is 2.62. The third-order valence-electron chi connectivity index (χ3n) is 1.73. The second kappa shape index (κ2) is 3.02. The van der Waals surface area contributed by atoms with E-state index in [0.717, 1.165) is 11.3 Å². The maximum Gasteiger partial charge on any atom is 0.0853 e. The van der Waals surface area contributed by atoms with Crippen molar-refractivity contribution in [1.82, 2.24) is 9.78 Å². The van der Waals surface area contributed by atoms with Crippen LogP contribution in [0.3, 0.4) is 0 Å². The Balaban J connectivity index is 3.05. The minimum atomic E-state index is -0.0640. The zero-order chi connectivity index (χ0) is 8.43. The van der Waals surface area contributed by atoms with E-state index in [1.54, 1.807) is 17.9 Å². The largest absolute Gasteiger partial charge is 0.390 e. The molecular weight excluding hydrogens is 142 g/mol. The predicted molar refractivity (Wildman–Crippen MR) is 41.7 cm³/mol. The molecule has 62 valence electrons. The second-order valence-corrected chi connectivity index (χ2v) is 2.62. The van der Waals surface area contributed by atoms with Crippen molar-refractivity contribution in [3.05, 3.63) is 17.5 Å². The summed E-state index contributed by atoms with van der Waals surface area (Å²) in [5.74, 6) is 0. The molecule has 0 radical (unpaired) electrons. The number of aromatic nitrogens is 2. The smallest absolute Gasteiger partial charge is 0.0853 e. The fourth-order valence-electron chi connectivity index (χ4n) is 1.05. The standard InChI is InChI=1S/C7H13N3O/c1-5(8)6-3-9-10(2)7(6)4-11/h3,5,11H,4,8H2,1-2H3. The average Bonchev–Trinajstić information content (AvgIpc) is 2.30. The lowest BCUT2D eigenvalue weighted by Crippen LogP contribution is -2.08. The first-order chi connectivity index (χ1) is 5.16. The molecule has 11 heavy (non-hydrogen) atoms. The lowest BCUT2D eigenvalue weighted by molar-refractivity contribution is 0.269. The number of nitrogens with two attached hydrogens (primary N) is 1. The van der Waals surface area contributed by atoms with Crippen molar-refractivity contribution >= 4 is 0 Å². The highest BCUT2D eigenvalue weighted by Gasteiger charge is 2.09. The molecule has 0 saturated heterocycles. The maximum atomic E-state index is 8.92. The van der Waals surface area contributed by atoms with E-state index in [9.17, 15) is 0 Å². The molecule has 0 spiro atoms. The van der Waals surface area contributed by atoms with Gasteiger partial charge in [-0.05, 0) is 6.92 Å². The Hall–Kier alpha value is -0.870. The van der Waals surface area contributed by atoms with Crippen molar-refractivity contribution < 1.29 is 5.11 Å². The van der Waals surface area contributed by atoms with E-state index in [4.69, 9.17) is 10.8 Å². The summed E-state index contributed by atoms with van der Waals surface area (Å²) in [6.07, 6.45) is 1.69. The maximum absolute atomic E-state index is 8.92. The highest BCUT2D eigenvalue weighted by Crippen LogP contribution is 2.13. The zero-order valence-corrected chi connectivity index (χ0v) is 6.78. The fourth-order valence-corrected chi connectivity index (χ4v) is 1.05. The van der Waals surface area contributed by atoms with Gasteiger partial charge in [0.2, 0.25) is 0 Å². The monoisotopic (exact) mass is 155 g/mol. The molecule has 0 aliphatic heterocycles. The number of rotatable bonds is 2. The Bertz CT molecular complexity index is 242. The molecule has 0 amide bonds. The van der Waals surface area contributed by atoms with Gasteiger partial charge in [0.05, 0.1) is 18.5 Å². The molecule has 3 N–H and O–H groups in total. The van der Waals surface area contributed by atoms with Gasteiger partial charge in [-0.2, -0.15) is 5.10 Å². The van der Waals surface area contributed by atoms with Crippen LogP contribution in [0.25, 0.3) is 0 Å². The minimum absolute atomic E-state index is 0.00657. The highest BCUT2D eigenvalue weighted by atomic mass is 16.3. The van der Waals surface area contributed by atoms with Crippen LogP contribution in [0.5, 0.6) is 0 Å². The molecule has 0 bridgehead atoms. The van der Waals surface area contributed by atoms with E-state index in [0.29, 0.717) is 0 Å². The first-order valence-corrected chi connectivity index (χ1v) is 3.54. The van der Waals surface area contributed by atoms with Crippen LogP contribution < -0.4 is 5.73 Å². The van der Waals surface area contributed by atoms with Crippen molar-refractivity contribution in [3.8, 4) is 0 Å². The molecule has 0 aromatic carbocycles.